The van der Waals surface area contributed by atoms with Crippen molar-refractivity contribution in [2.75, 3.05) is 0 Å². The highest BCUT2D eigenvalue weighted by Crippen LogP contribution is 2.24. The smallest absolute Gasteiger partial charge is 0.256 e. The number of hydrogen-bond donors (Lipinski definition) is 3. The number of carbonyl (C=O) groups excluding carboxylic acids is 2. The van der Waals surface area contributed by atoms with Crippen molar-refractivity contribution in [2.45, 2.75) is 13.0 Å². The Hall–Kier alpha value is -4.62. The molecule has 0 saturated carbocycles. The van der Waals surface area contributed by atoms with E-state index in [1.165, 1.54) is 0 Å². The van der Waals surface area contributed by atoms with Crippen molar-refractivity contribution in [3.05, 3.63) is 120 Å². The summed E-state index contributed by atoms with van der Waals surface area (Å²) in [6.07, 6.45) is 0.0847. The van der Waals surface area contributed by atoms with Crippen LogP contribution < -0.4 is 20.3 Å². The molecule has 4 aromatic carbocycles. The van der Waals surface area contributed by atoms with Crippen LogP contribution in [0.2, 0.25) is 0 Å². The van der Waals surface area contributed by atoms with E-state index in [9.17, 15) is 14.8 Å². The molecule has 36 heavy (non-hydrogen) atoms. The second-order valence-electron chi connectivity index (χ2n) is 8.08. The monoisotopic (exact) mass is 482 g/mol. The first-order valence-electron chi connectivity index (χ1n) is 11.5. The highest BCUT2D eigenvalue weighted by atomic mass is 16.5. The Kier molecular flexibility index (Phi) is 8.30. The van der Waals surface area contributed by atoms with Crippen molar-refractivity contribution in [3.8, 4) is 23.0 Å². The zero-order valence-electron chi connectivity index (χ0n) is 19.5. The SMILES string of the molecule is O=C(NO)C(Cc1cccc(Oc2ccccc2)c1)C(=O)NCc1cccc(Oc2ccccc2)c1. The average Bonchev–Trinajstić information content (AvgIpc) is 2.91. The summed E-state index contributed by atoms with van der Waals surface area (Å²) in [5.74, 6) is 0.164. The van der Waals surface area contributed by atoms with Crippen LogP contribution in [-0.4, -0.2) is 17.0 Å². The fourth-order valence-corrected chi connectivity index (χ4v) is 3.63. The molecule has 4 rings (SSSR count). The largest absolute Gasteiger partial charge is 0.457 e. The van der Waals surface area contributed by atoms with Gasteiger partial charge >= 0.3 is 0 Å². The normalized spacial score (nSPS) is 11.2. The van der Waals surface area contributed by atoms with Crippen molar-refractivity contribution in [2.24, 2.45) is 5.92 Å². The van der Waals surface area contributed by atoms with Crippen LogP contribution in [-0.2, 0) is 22.6 Å². The van der Waals surface area contributed by atoms with Gasteiger partial charge in [-0.25, -0.2) is 5.48 Å². The predicted octanol–water partition coefficient (Wildman–Crippen LogP) is 5.25. The number of hydroxylamine groups is 1. The maximum atomic E-state index is 12.9. The van der Waals surface area contributed by atoms with E-state index in [2.05, 4.69) is 5.32 Å². The van der Waals surface area contributed by atoms with Gasteiger partial charge in [0.05, 0.1) is 0 Å². The lowest BCUT2D eigenvalue weighted by Crippen LogP contribution is -2.41. The van der Waals surface area contributed by atoms with E-state index >= 15 is 0 Å². The van der Waals surface area contributed by atoms with Crippen LogP contribution in [0.3, 0.4) is 0 Å². The lowest BCUT2D eigenvalue weighted by Gasteiger charge is -2.16. The number of amides is 2. The van der Waals surface area contributed by atoms with E-state index in [1.807, 2.05) is 84.9 Å². The molecule has 2 amide bonds. The van der Waals surface area contributed by atoms with E-state index in [0.29, 0.717) is 28.6 Å². The molecule has 0 aliphatic rings. The van der Waals surface area contributed by atoms with E-state index < -0.39 is 17.7 Å². The Balaban J connectivity index is 1.40. The summed E-state index contributed by atoms with van der Waals surface area (Å²) in [6.45, 7) is 0.192. The number of para-hydroxylation sites is 2. The summed E-state index contributed by atoms with van der Waals surface area (Å²) in [6, 6.07) is 33.2. The summed E-state index contributed by atoms with van der Waals surface area (Å²) in [4.78, 5) is 25.3. The maximum Gasteiger partial charge on any atom is 0.256 e. The first-order valence-corrected chi connectivity index (χ1v) is 11.5. The number of hydrogen-bond acceptors (Lipinski definition) is 5. The minimum atomic E-state index is -1.13. The lowest BCUT2D eigenvalue weighted by atomic mass is 9.97. The second-order valence-corrected chi connectivity index (χ2v) is 8.08. The van der Waals surface area contributed by atoms with Gasteiger partial charge < -0.3 is 14.8 Å². The first-order chi connectivity index (χ1) is 17.6. The molecule has 0 aliphatic carbocycles. The number of nitrogens with one attached hydrogen (secondary N) is 2. The van der Waals surface area contributed by atoms with Gasteiger partial charge in [0.1, 0.15) is 28.9 Å². The Morgan fingerprint density at radius 3 is 1.69 bits per heavy atom. The molecule has 3 N–H and O–H groups in total. The fraction of sp³-hybridized carbons (Fsp3) is 0.103. The molecule has 7 nitrogen and oxygen atoms in total. The van der Waals surface area contributed by atoms with Crippen LogP contribution in [0.25, 0.3) is 0 Å². The maximum absolute atomic E-state index is 12.9. The van der Waals surface area contributed by atoms with Crippen molar-refractivity contribution >= 4 is 11.8 Å². The van der Waals surface area contributed by atoms with Gasteiger partial charge in [0.15, 0.2) is 0 Å². The van der Waals surface area contributed by atoms with E-state index in [4.69, 9.17) is 9.47 Å². The lowest BCUT2D eigenvalue weighted by molar-refractivity contribution is -0.140. The second kappa shape index (κ2) is 12.2. The Morgan fingerprint density at radius 1 is 0.639 bits per heavy atom. The van der Waals surface area contributed by atoms with Crippen molar-refractivity contribution in [1.29, 1.82) is 0 Å². The quantitative estimate of drug-likeness (QED) is 0.163. The molecule has 1 atom stereocenters. The molecule has 0 aliphatic heterocycles. The van der Waals surface area contributed by atoms with E-state index in [0.717, 1.165) is 5.56 Å². The van der Waals surface area contributed by atoms with E-state index in [1.54, 1.807) is 29.7 Å². The summed E-state index contributed by atoms with van der Waals surface area (Å²) < 4.78 is 11.7. The summed E-state index contributed by atoms with van der Waals surface area (Å²) in [5.41, 5.74) is 3.12. The molecule has 182 valence electrons. The Bertz CT molecular complexity index is 1300. The molecular formula is C29H26N2O5. The first kappa shape index (κ1) is 24.5. The van der Waals surface area contributed by atoms with E-state index in [-0.39, 0.29) is 13.0 Å². The highest BCUT2D eigenvalue weighted by Gasteiger charge is 2.27. The molecule has 0 heterocycles. The van der Waals surface area contributed by atoms with Gasteiger partial charge in [-0.15, -0.1) is 0 Å². The third kappa shape index (κ3) is 6.94. The molecular weight excluding hydrogens is 456 g/mol. The van der Waals surface area contributed by atoms with Gasteiger partial charge in [0.25, 0.3) is 5.91 Å². The van der Waals surface area contributed by atoms with Gasteiger partial charge in [0, 0.05) is 6.54 Å². The van der Waals surface area contributed by atoms with Gasteiger partial charge in [-0.3, -0.25) is 14.8 Å². The van der Waals surface area contributed by atoms with Gasteiger partial charge in [-0.1, -0.05) is 60.7 Å². The molecule has 7 heteroatoms. The summed E-state index contributed by atoms with van der Waals surface area (Å²) in [7, 11) is 0. The number of rotatable bonds is 10. The number of benzene rings is 4. The minimum absolute atomic E-state index is 0.0847. The molecule has 1 unspecified atom stereocenters. The fourth-order valence-electron chi connectivity index (χ4n) is 3.63. The van der Waals surface area contributed by atoms with Gasteiger partial charge in [0.2, 0.25) is 5.91 Å². The highest BCUT2D eigenvalue weighted by molar-refractivity contribution is 6.00. The molecule has 0 radical (unpaired) electrons. The topological polar surface area (TPSA) is 96.9 Å². The summed E-state index contributed by atoms with van der Waals surface area (Å²) >= 11 is 0. The van der Waals surface area contributed by atoms with Crippen LogP contribution in [0.4, 0.5) is 0 Å². The van der Waals surface area contributed by atoms with Crippen molar-refractivity contribution < 1.29 is 24.3 Å². The van der Waals surface area contributed by atoms with Crippen LogP contribution in [0.1, 0.15) is 11.1 Å². The molecule has 0 fully saturated rings. The standard InChI is InChI=1S/C29H26N2O5/c32-28(30-20-22-10-8-16-26(18-22)36-24-13-5-2-6-14-24)27(29(33)31-34)19-21-9-7-15-25(17-21)35-23-11-3-1-4-12-23/h1-18,27,34H,19-20H2,(H,30,32)(H,31,33). The molecule has 0 saturated heterocycles. The molecule has 0 spiro atoms. The third-order valence-corrected chi connectivity index (χ3v) is 5.40. The van der Waals surface area contributed by atoms with Crippen molar-refractivity contribution in [1.82, 2.24) is 10.8 Å². The average molecular weight is 483 g/mol. The number of carbonyl (C=O) groups is 2. The van der Waals surface area contributed by atoms with Crippen molar-refractivity contribution in [3.63, 3.8) is 0 Å². The van der Waals surface area contributed by atoms with Gasteiger partial charge in [-0.2, -0.15) is 0 Å². The zero-order valence-corrected chi connectivity index (χ0v) is 19.5. The summed E-state index contributed by atoms with van der Waals surface area (Å²) in [5, 5.41) is 12.0. The van der Waals surface area contributed by atoms with Crippen LogP contribution in [0, 0.1) is 5.92 Å². The number of ether oxygens (including phenoxy) is 2. The molecule has 0 bridgehead atoms. The van der Waals surface area contributed by atoms with Crippen LogP contribution >= 0.6 is 0 Å². The van der Waals surface area contributed by atoms with Crippen LogP contribution in [0.15, 0.2) is 109 Å². The zero-order chi connectivity index (χ0) is 25.2. The minimum Gasteiger partial charge on any atom is -0.457 e. The predicted molar refractivity (Wildman–Crippen MR) is 135 cm³/mol. The Morgan fingerprint density at radius 2 is 1.14 bits per heavy atom. The van der Waals surface area contributed by atoms with Gasteiger partial charge in [-0.05, 0) is 66.1 Å². The molecule has 0 aromatic heterocycles. The third-order valence-electron chi connectivity index (χ3n) is 5.40. The van der Waals surface area contributed by atoms with Crippen LogP contribution in [0.5, 0.6) is 23.0 Å². The molecule has 4 aromatic rings. The Labute approximate surface area is 209 Å².